The molecule has 1 N–H and O–H groups in total. The van der Waals surface area contributed by atoms with Crippen molar-refractivity contribution >= 4 is 22.4 Å². The van der Waals surface area contributed by atoms with Gasteiger partial charge in [0.05, 0.1) is 16.6 Å². The first kappa shape index (κ1) is 22.4. The van der Waals surface area contributed by atoms with Crippen LogP contribution in [0.1, 0.15) is 55.5 Å². The largest absolute Gasteiger partial charge is 0.334 e. The molecule has 0 aliphatic heterocycles. The third-order valence-corrected chi connectivity index (χ3v) is 5.32. The van der Waals surface area contributed by atoms with E-state index in [0.717, 1.165) is 5.56 Å². The Morgan fingerprint density at radius 1 is 1.06 bits per heavy atom. The van der Waals surface area contributed by atoms with Gasteiger partial charge in [0, 0.05) is 17.8 Å². The van der Waals surface area contributed by atoms with Crippen molar-refractivity contribution in [3.8, 4) is 11.5 Å². The van der Waals surface area contributed by atoms with E-state index in [2.05, 4.69) is 20.6 Å². The number of hydrogen-bond donors (Lipinski definition) is 1. The van der Waals surface area contributed by atoms with Crippen molar-refractivity contribution in [2.24, 2.45) is 5.92 Å². The predicted octanol–water partition coefficient (Wildman–Crippen LogP) is 4.79. The summed E-state index contributed by atoms with van der Waals surface area (Å²) in [6.07, 6.45) is 0. The van der Waals surface area contributed by atoms with E-state index in [-0.39, 0.29) is 23.1 Å². The average Bonchev–Trinajstić information content (AvgIpc) is 3.27. The van der Waals surface area contributed by atoms with E-state index in [9.17, 15) is 9.59 Å². The molecule has 0 fully saturated rings. The number of carbonyl (C=O) groups is 1. The van der Waals surface area contributed by atoms with Gasteiger partial charge in [-0.2, -0.15) is 10.1 Å². The summed E-state index contributed by atoms with van der Waals surface area (Å²) in [5.74, 6) is 0.825. The first-order valence-corrected chi connectivity index (χ1v) is 11.0. The van der Waals surface area contributed by atoms with Crippen LogP contribution in [0.25, 0.3) is 22.2 Å². The number of aromatic nitrogens is 4. The van der Waals surface area contributed by atoms with E-state index >= 15 is 0 Å². The summed E-state index contributed by atoms with van der Waals surface area (Å²) in [6.45, 7) is 10.3. The van der Waals surface area contributed by atoms with Gasteiger partial charge in [-0.3, -0.25) is 9.59 Å². The van der Waals surface area contributed by atoms with Crippen LogP contribution < -0.4 is 10.9 Å². The minimum atomic E-state index is -0.414. The lowest BCUT2D eigenvalue weighted by atomic mass is 10.1. The number of aryl methyl sites for hydroxylation is 1. The van der Waals surface area contributed by atoms with Gasteiger partial charge < -0.3 is 9.84 Å². The molecule has 1 amide bonds. The van der Waals surface area contributed by atoms with Crippen molar-refractivity contribution in [2.75, 3.05) is 5.32 Å². The minimum absolute atomic E-state index is 0.114. The molecule has 8 heteroatoms. The topological polar surface area (TPSA) is 103 Å². The highest BCUT2D eigenvalue weighted by atomic mass is 16.5. The lowest BCUT2D eigenvalue weighted by Gasteiger charge is -2.15. The van der Waals surface area contributed by atoms with E-state index in [1.807, 2.05) is 52.8 Å². The summed E-state index contributed by atoms with van der Waals surface area (Å²) in [5.41, 5.74) is 2.01. The van der Waals surface area contributed by atoms with Crippen molar-refractivity contribution in [1.29, 1.82) is 0 Å². The quantitative estimate of drug-likeness (QED) is 0.458. The van der Waals surface area contributed by atoms with Gasteiger partial charge >= 0.3 is 0 Å². The molecule has 170 valence electrons. The number of para-hydroxylation sites is 1. The molecule has 0 radical (unpaired) electrons. The van der Waals surface area contributed by atoms with Crippen molar-refractivity contribution in [2.45, 2.75) is 47.1 Å². The highest BCUT2D eigenvalue weighted by Gasteiger charge is 2.21. The van der Waals surface area contributed by atoms with Gasteiger partial charge in [-0.25, -0.2) is 4.68 Å². The number of amides is 1. The minimum Gasteiger partial charge on any atom is -0.334 e. The van der Waals surface area contributed by atoms with Crippen LogP contribution in [-0.4, -0.2) is 25.8 Å². The molecule has 2 aromatic carbocycles. The zero-order valence-electron chi connectivity index (χ0n) is 19.4. The maximum Gasteiger partial charge on any atom is 0.276 e. The molecule has 8 nitrogen and oxygen atoms in total. The van der Waals surface area contributed by atoms with Crippen molar-refractivity contribution in [1.82, 2.24) is 19.9 Å². The molecule has 0 aliphatic rings. The van der Waals surface area contributed by atoms with Crippen LogP contribution in [0.5, 0.6) is 0 Å². The molecular weight excluding hydrogens is 418 g/mol. The fourth-order valence-corrected chi connectivity index (χ4v) is 3.64. The summed E-state index contributed by atoms with van der Waals surface area (Å²) >= 11 is 0. The Bertz CT molecular complexity index is 1380. The maximum atomic E-state index is 13.5. The standard InChI is InChI=1S/C25H27N5O3/c1-14(2)13-30-25(32)18-11-7-6-10-17(18)21(28-30)23(31)26-20-16(5)9-8-12-19(20)24-27-22(15(3)4)29-33-24/h6-12,14-15H,13H2,1-5H3,(H,26,31). The van der Waals surface area contributed by atoms with E-state index in [4.69, 9.17) is 4.52 Å². The summed E-state index contributed by atoms with van der Waals surface area (Å²) < 4.78 is 6.84. The van der Waals surface area contributed by atoms with Gasteiger partial charge in [-0.1, -0.05) is 63.2 Å². The summed E-state index contributed by atoms with van der Waals surface area (Å²) in [4.78, 5) is 30.8. The Morgan fingerprint density at radius 2 is 1.79 bits per heavy atom. The Balaban J connectivity index is 1.80. The van der Waals surface area contributed by atoms with E-state index in [1.54, 1.807) is 24.3 Å². The first-order chi connectivity index (χ1) is 15.8. The second-order valence-corrected chi connectivity index (χ2v) is 8.84. The van der Waals surface area contributed by atoms with Gasteiger partial charge in [-0.15, -0.1) is 0 Å². The molecule has 4 rings (SSSR count). The monoisotopic (exact) mass is 445 g/mol. The number of nitrogens with zero attached hydrogens (tertiary/aromatic N) is 4. The fourth-order valence-electron chi connectivity index (χ4n) is 3.64. The first-order valence-electron chi connectivity index (χ1n) is 11.0. The second kappa shape index (κ2) is 8.97. The molecule has 0 saturated heterocycles. The van der Waals surface area contributed by atoms with Crippen molar-refractivity contribution < 1.29 is 9.32 Å². The molecular formula is C25H27N5O3. The molecule has 0 atom stereocenters. The van der Waals surface area contributed by atoms with Gasteiger partial charge in [0.1, 0.15) is 0 Å². The van der Waals surface area contributed by atoms with Crippen LogP contribution in [0.4, 0.5) is 5.69 Å². The Hall–Kier alpha value is -3.81. The second-order valence-electron chi connectivity index (χ2n) is 8.84. The highest BCUT2D eigenvalue weighted by Crippen LogP contribution is 2.31. The number of carbonyl (C=O) groups excluding carboxylic acids is 1. The Labute approximate surface area is 191 Å². The fraction of sp³-hybridized carbons (Fsp3) is 0.320. The van der Waals surface area contributed by atoms with Crippen LogP contribution in [0.2, 0.25) is 0 Å². The summed E-state index contributed by atoms with van der Waals surface area (Å²) in [6, 6.07) is 12.6. The van der Waals surface area contributed by atoms with E-state index in [1.165, 1.54) is 4.68 Å². The molecule has 0 aliphatic carbocycles. The zero-order valence-corrected chi connectivity index (χ0v) is 19.4. The molecule has 2 heterocycles. The van der Waals surface area contributed by atoms with Gasteiger partial charge in [-0.05, 0) is 30.5 Å². The number of fused-ring (bicyclic) bond motifs is 1. The number of rotatable bonds is 6. The Kier molecular flexibility index (Phi) is 6.09. The lowest BCUT2D eigenvalue weighted by molar-refractivity contribution is 0.102. The van der Waals surface area contributed by atoms with Gasteiger partial charge in [0.2, 0.25) is 0 Å². The van der Waals surface area contributed by atoms with Gasteiger partial charge in [0.15, 0.2) is 11.5 Å². The lowest BCUT2D eigenvalue weighted by Crippen LogP contribution is -2.29. The Morgan fingerprint density at radius 3 is 2.45 bits per heavy atom. The molecule has 0 unspecified atom stereocenters. The highest BCUT2D eigenvalue weighted by molar-refractivity contribution is 6.12. The van der Waals surface area contributed by atoms with E-state index in [0.29, 0.717) is 40.3 Å². The van der Waals surface area contributed by atoms with Crippen LogP contribution in [0.3, 0.4) is 0 Å². The zero-order chi connectivity index (χ0) is 23.7. The maximum absolute atomic E-state index is 13.5. The molecule has 0 spiro atoms. The molecule has 33 heavy (non-hydrogen) atoms. The summed E-state index contributed by atoms with van der Waals surface area (Å²) in [5, 5.41) is 12.4. The number of hydrogen-bond acceptors (Lipinski definition) is 6. The van der Waals surface area contributed by atoms with Crippen LogP contribution in [-0.2, 0) is 6.54 Å². The number of anilines is 1. The third kappa shape index (κ3) is 4.41. The smallest absolute Gasteiger partial charge is 0.276 e. The average molecular weight is 446 g/mol. The predicted molar refractivity (Wildman–Crippen MR) is 127 cm³/mol. The molecule has 4 aromatic rings. The van der Waals surface area contributed by atoms with Gasteiger partial charge in [0.25, 0.3) is 17.4 Å². The third-order valence-electron chi connectivity index (χ3n) is 5.32. The van der Waals surface area contributed by atoms with Crippen LogP contribution in [0, 0.1) is 12.8 Å². The normalized spacial score (nSPS) is 11.5. The number of nitrogens with one attached hydrogen (secondary N) is 1. The summed E-state index contributed by atoms with van der Waals surface area (Å²) in [7, 11) is 0. The molecule has 0 bridgehead atoms. The van der Waals surface area contributed by atoms with E-state index < -0.39 is 5.91 Å². The molecule has 0 saturated carbocycles. The number of benzene rings is 2. The van der Waals surface area contributed by atoms with Crippen molar-refractivity contribution in [3.63, 3.8) is 0 Å². The van der Waals surface area contributed by atoms with Crippen LogP contribution >= 0.6 is 0 Å². The molecule has 2 aromatic heterocycles. The SMILES string of the molecule is Cc1cccc(-c2nc(C(C)C)no2)c1NC(=O)c1nn(CC(C)C)c(=O)c2ccccc12. The van der Waals surface area contributed by atoms with Crippen molar-refractivity contribution in [3.05, 3.63) is 69.9 Å². The van der Waals surface area contributed by atoms with Crippen LogP contribution in [0.15, 0.2) is 51.8 Å².